The average Bonchev–Trinajstić information content (AvgIpc) is 2.99. The Kier molecular flexibility index (Phi) is 10.7. The zero-order valence-corrected chi connectivity index (χ0v) is 26.1. The molecule has 0 spiro atoms. The van der Waals surface area contributed by atoms with Crippen molar-refractivity contribution in [3.63, 3.8) is 0 Å². The molecule has 4 rings (SSSR count). The quantitative estimate of drug-likeness (QED) is 0.268. The number of nitrogens with zero attached hydrogens (tertiary/aromatic N) is 2. The summed E-state index contributed by atoms with van der Waals surface area (Å²) in [5, 5.41) is 3.63. The van der Waals surface area contributed by atoms with E-state index in [1.54, 1.807) is 55.5 Å². The van der Waals surface area contributed by atoms with Gasteiger partial charge in [0.1, 0.15) is 12.6 Å². The molecule has 3 aromatic rings. The van der Waals surface area contributed by atoms with E-state index < -0.39 is 28.5 Å². The van der Waals surface area contributed by atoms with Crippen LogP contribution in [0.3, 0.4) is 0 Å². The first-order chi connectivity index (χ1) is 20.1. The SMILES string of the molecule is CC(C)c1ccc(N(CC(=O)N(Cc2cccc(Cl)c2)C(C)C(=O)NC2CCCCC2)S(=O)(=O)c2ccccc2)cc1. The molecule has 3 aromatic carbocycles. The maximum atomic E-state index is 14.1. The first-order valence-electron chi connectivity index (χ1n) is 14.6. The van der Waals surface area contributed by atoms with Crippen LogP contribution < -0.4 is 9.62 Å². The lowest BCUT2D eigenvalue weighted by Crippen LogP contribution is -2.53. The summed E-state index contributed by atoms with van der Waals surface area (Å²) in [4.78, 5) is 29.1. The van der Waals surface area contributed by atoms with Gasteiger partial charge in [0.25, 0.3) is 10.0 Å². The van der Waals surface area contributed by atoms with Gasteiger partial charge in [0.05, 0.1) is 10.6 Å². The van der Waals surface area contributed by atoms with Gasteiger partial charge >= 0.3 is 0 Å². The number of halogens is 1. The molecule has 2 amide bonds. The van der Waals surface area contributed by atoms with Crippen LogP contribution in [0.25, 0.3) is 0 Å². The molecule has 1 saturated carbocycles. The minimum absolute atomic E-state index is 0.0752. The average molecular weight is 610 g/mol. The van der Waals surface area contributed by atoms with Crippen molar-refractivity contribution in [2.24, 2.45) is 0 Å². The van der Waals surface area contributed by atoms with E-state index in [0.717, 1.165) is 47.5 Å². The van der Waals surface area contributed by atoms with Crippen molar-refractivity contribution >= 4 is 39.1 Å². The number of hydrogen-bond acceptors (Lipinski definition) is 4. The van der Waals surface area contributed by atoms with Crippen molar-refractivity contribution in [1.82, 2.24) is 10.2 Å². The second-order valence-electron chi connectivity index (χ2n) is 11.2. The number of anilines is 1. The van der Waals surface area contributed by atoms with Crippen LogP contribution in [-0.2, 0) is 26.2 Å². The summed E-state index contributed by atoms with van der Waals surface area (Å²) in [7, 11) is -4.10. The topological polar surface area (TPSA) is 86.8 Å². The van der Waals surface area contributed by atoms with E-state index in [9.17, 15) is 18.0 Å². The molecule has 0 saturated heterocycles. The lowest BCUT2D eigenvalue weighted by Gasteiger charge is -2.33. The summed E-state index contributed by atoms with van der Waals surface area (Å²) in [5.74, 6) is -0.485. The number of benzene rings is 3. The Morgan fingerprint density at radius 2 is 1.57 bits per heavy atom. The molecule has 0 bridgehead atoms. The molecule has 224 valence electrons. The number of carbonyl (C=O) groups is 2. The monoisotopic (exact) mass is 609 g/mol. The molecular formula is C33H40ClN3O4S. The summed E-state index contributed by atoms with van der Waals surface area (Å²) in [6.45, 7) is 5.44. The van der Waals surface area contributed by atoms with Crippen LogP contribution in [0.2, 0.25) is 5.02 Å². The van der Waals surface area contributed by atoms with Crippen LogP contribution in [0, 0.1) is 0 Å². The molecule has 9 heteroatoms. The first-order valence-corrected chi connectivity index (χ1v) is 16.4. The Morgan fingerprint density at radius 1 is 0.905 bits per heavy atom. The maximum Gasteiger partial charge on any atom is 0.264 e. The third kappa shape index (κ3) is 7.92. The number of nitrogens with one attached hydrogen (secondary N) is 1. The molecule has 0 radical (unpaired) electrons. The molecule has 0 aromatic heterocycles. The minimum atomic E-state index is -4.10. The Bertz CT molecular complexity index is 1460. The third-order valence-electron chi connectivity index (χ3n) is 7.82. The van der Waals surface area contributed by atoms with Crippen molar-refractivity contribution in [3.05, 3.63) is 95.0 Å². The van der Waals surface area contributed by atoms with Crippen LogP contribution in [0.1, 0.15) is 69.9 Å². The van der Waals surface area contributed by atoms with E-state index in [1.165, 1.54) is 17.0 Å². The molecular weight excluding hydrogens is 570 g/mol. The van der Waals surface area contributed by atoms with Gasteiger partial charge in [0.15, 0.2) is 0 Å². The number of rotatable bonds is 11. The van der Waals surface area contributed by atoms with Gasteiger partial charge in [0, 0.05) is 17.6 Å². The molecule has 42 heavy (non-hydrogen) atoms. The van der Waals surface area contributed by atoms with Gasteiger partial charge < -0.3 is 10.2 Å². The highest BCUT2D eigenvalue weighted by atomic mass is 35.5. The second kappa shape index (κ2) is 14.2. The van der Waals surface area contributed by atoms with E-state index in [2.05, 4.69) is 19.2 Å². The normalized spacial score (nSPS) is 14.8. The van der Waals surface area contributed by atoms with Gasteiger partial charge in [0.2, 0.25) is 11.8 Å². The Morgan fingerprint density at radius 3 is 2.19 bits per heavy atom. The van der Waals surface area contributed by atoms with Crippen molar-refractivity contribution in [2.75, 3.05) is 10.8 Å². The number of hydrogen-bond donors (Lipinski definition) is 1. The molecule has 7 nitrogen and oxygen atoms in total. The van der Waals surface area contributed by atoms with Gasteiger partial charge in [-0.2, -0.15) is 0 Å². The summed E-state index contributed by atoms with van der Waals surface area (Å²) in [6.07, 6.45) is 5.11. The standard InChI is InChI=1S/C33H40ClN3O4S/c1-24(2)27-17-19-30(20-18-27)37(42(40,41)31-15-8-5-9-16-31)23-32(38)36(22-26-11-10-12-28(34)21-26)25(3)33(39)35-29-13-6-4-7-14-29/h5,8-12,15-21,24-25,29H,4,6-7,13-14,22-23H2,1-3H3,(H,35,39). The lowest BCUT2D eigenvalue weighted by atomic mass is 9.95. The highest BCUT2D eigenvalue weighted by Gasteiger charge is 2.33. The fourth-order valence-corrected chi connectivity index (χ4v) is 6.91. The predicted molar refractivity (Wildman–Crippen MR) is 168 cm³/mol. The molecule has 1 unspecified atom stereocenters. The minimum Gasteiger partial charge on any atom is -0.352 e. The number of carbonyl (C=O) groups excluding carboxylic acids is 2. The Balaban J connectivity index is 1.68. The van der Waals surface area contributed by atoms with E-state index in [4.69, 9.17) is 11.6 Å². The van der Waals surface area contributed by atoms with Crippen LogP contribution in [0.15, 0.2) is 83.8 Å². The highest BCUT2D eigenvalue weighted by Crippen LogP contribution is 2.27. The van der Waals surface area contributed by atoms with Gasteiger partial charge in [-0.3, -0.25) is 13.9 Å². The van der Waals surface area contributed by atoms with E-state index in [0.29, 0.717) is 10.7 Å². The summed E-state index contributed by atoms with van der Waals surface area (Å²) < 4.78 is 29.0. The van der Waals surface area contributed by atoms with Gasteiger partial charge in [-0.05, 0) is 73.2 Å². The van der Waals surface area contributed by atoms with Crippen LogP contribution in [0.5, 0.6) is 0 Å². The van der Waals surface area contributed by atoms with Crippen molar-refractivity contribution in [2.45, 2.75) is 82.3 Å². The summed E-state index contributed by atoms with van der Waals surface area (Å²) >= 11 is 6.24. The third-order valence-corrected chi connectivity index (χ3v) is 9.84. The fraction of sp³-hybridized carbons (Fsp3) is 0.394. The van der Waals surface area contributed by atoms with Crippen LogP contribution >= 0.6 is 11.6 Å². The molecule has 1 fully saturated rings. The van der Waals surface area contributed by atoms with E-state index in [-0.39, 0.29) is 29.3 Å². The predicted octanol–water partition coefficient (Wildman–Crippen LogP) is 6.52. The molecule has 1 atom stereocenters. The zero-order valence-electron chi connectivity index (χ0n) is 24.5. The number of amides is 2. The Hall–Kier alpha value is -3.36. The highest BCUT2D eigenvalue weighted by molar-refractivity contribution is 7.92. The van der Waals surface area contributed by atoms with Crippen LogP contribution in [-0.4, -0.2) is 43.8 Å². The maximum absolute atomic E-state index is 14.1. The van der Waals surface area contributed by atoms with Crippen molar-refractivity contribution in [1.29, 1.82) is 0 Å². The summed E-state index contributed by atoms with van der Waals surface area (Å²) in [6, 6.07) is 21.6. The smallest absolute Gasteiger partial charge is 0.264 e. The molecule has 1 N–H and O–H groups in total. The van der Waals surface area contributed by atoms with Gasteiger partial charge in [-0.25, -0.2) is 8.42 Å². The fourth-order valence-electron chi connectivity index (χ4n) is 5.26. The Labute approximate surface area is 254 Å². The molecule has 0 aliphatic heterocycles. The van der Waals surface area contributed by atoms with Crippen LogP contribution in [0.4, 0.5) is 5.69 Å². The van der Waals surface area contributed by atoms with Crippen molar-refractivity contribution in [3.8, 4) is 0 Å². The summed E-state index contributed by atoms with van der Waals surface area (Å²) in [5.41, 5.74) is 2.17. The lowest BCUT2D eigenvalue weighted by molar-refractivity contribution is -0.139. The number of sulfonamides is 1. The van der Waals surface area contributed by atoms with Crippen molar-refractivity contribution < 1.29 is 18.0 Å². The van der Waals surface area contributed by atoms with E-state index in [1.807, 2.05) is 18.2 Å². The molecule has 0 heterocycles. The second-order valence-corrected chi connectivity index (χ2v) is 13.5. The largest absolute Gasteiger partial charge is 0.352 e. The van der Waals surface area contributed by atoms with Gasteiger partial charge in [-0.1, -0.05) is 87.2 Å². The molecule has 1 aliphatic rings. The van der Waals surface area contributed by atoms with Gasteiger partial charge in [-0.15, -0.1) is 0 Å². The zero-order chi connectivity index (χ0) is 30.3. The van der Waals surface area contributed by atoms with E-state index >= 15 is 0 Å². The molecule has 1 aliphatic carbocycles. The first kappa shape index (κ1) is 31.6.